The molecular formula is C12H9BrF3NO2. The molecular weight excluding hydrogens is 327 g/mol. The molecule has 0 saturated heterocycles. The minimum absolute atomic E-state index is 0.0319. The van der Waals surface area contributed by atoms with Crippen molar-refractivity contribution >= 4 is 21.7 Å². The Balaban J connectivity index is 3.19. The number of halogens is 4. The Morgan fingerprint density at radius 1 is 1.53 bits per heavy atom. The van der Waals surface area contributed by atoms with Gasteiger partial charge < -0.3 is 4.74 Å². The van der Waals surface area contributed by atoms with E-state index in [9.17, 15) is 18.0 Å². The van der Waals surface area contributed by atoms with Gasteiger partial charge in [0.15, 0.2) is 0 Å². The van der Waals surface area contributed by atoms with Crippen molar-refractivity contribution in [3.8, 4) is 11.8 Å². The lowest BCUT2D eigenvalue weighted by Gasteiger charge is -2.16. The maximum atomic E-state index is 12.3. The van der Waals surface area contributed by atoms with Gasteiger partial charge in [-0.05, 0) is 25.1 Å². The van der Waals surface area contributed by atoms with Gasteiger partial charge in [-0.2, -0.15) is 5.26 Å². The summed E-state index contributed by atoms with van der Waals surface area (Å²) in [7, 11) is 0. The smallest absolute Gasteiger partial charge is 0.405 e. The van der Waals surface area contributed by atoms with E-state index in [0.29, 0.717) is 4.47 Å². The molecule has 102 valence electrons. The number of hydrogen-bond acceptors (Lipinski definition) is 3. The molecule has 19 heavy (non-hydrogen) atoms. The summed E-state index contributed by atoms with van der Waals surface area (Å²) in [4.78, 5) is 11.0. The van der Waals surface area contributed by atoms with Crippen molar-refractivity contribution in [2.45, 2.75) is 25.6 Å². The largest absolute Gasteiger partial charge is 0.573 e. The van der Waals surface area contributed by atoms with Gasteiger partial charge in [0.2, 0.25) is 0 Å². The van der Waals surface area contributed by atoms with Gasteiger partial charge in [0.25, 0.3) is 0 Å². The molecule has 3 nitrogen and oxygen atoms in total. The van der Waals surface area contributed by atoms with E-state index in [1.165, 1.54) is 19.1 Å². The van der Waals surface area contributed by atoms with E-state index in [1.807, 2.05) is 6.07 Å². The maximum absolute atomic E-state index is 12.3. The lowest BCUT2D eigenvalue weighted by Crippen LogP contribution is -2.19. The average molecular weight is 336 g/mol. The third-order valence-corrected chi connectivity index (χ3v) is 2.71. The molecule has 0 aliphatic rings. The fraction of sp³-hybridized carbons (Fsp3) is 0.333. The first-order valence-electron chi connectivity index (χ1n) is 5.17. The SMILES string of the molecule is CC(=O)CC(C#N)c1cc(Br)ccc1OC(F)(F)F. The Labute approximate surface area is 116 Å². The van der Waals surface area contributed by atoms with Crippen molar-refractivity contribution in [3.63, 3.8) is 0 Å². The highest BCUT2D eigenvalue weighted by molar-refractivity contribution is 9.10. The fourth-order valence-electron chi connectivity index (χ4n) is 1.52. The molecule has 0 saturated carbocycles. The number of carbonyl (C=O) groups excluding carboxylic acids is 1. The third-order valence-electron chi connectivity index (χ3n) is 2.22. The molecule has 0 heterocycles. The van der Waals surface area contributed by atoms with Gasteiger partial charge in [-0.15, -0.1) is 13.2 Å². The standard InChI is InChI=1S/C12H9BrF3NO2/c1-7(18)4-8(6-17)10-5-9(13)2-3-11(10)19-12(14,15)16/h2-3,5,8H,4H2,1H3. The molecule has 0 bridgehead atoms. The Morgan fingerprint density at radius 3 is 2.63 bits per heavy atom. The van der Waals surface area contributed by atoms with Crippen LogP contribution in [0.1, 0.15) is 24.8 Å². The summed E-state index contributed by atoms with van der Waals surface area (Å²) in [5, 5.41) is 8.99. The second kappa shape index (κ2) is 6.06. The zero-order valence-corrected chi connectivity index (χ0v) is 11.4. The predicted molar refractivity (Wildman–Crippen MR) is 64.5 cm³/mol. The number of ketones is 1. The fourth-order valence-corrected chi connectivity index (χ4v) is 1.90. The third kappa shape index (κ3) is 4.91. The highest BCUT2D eigenvalue weighted by Gasteiger charge is 2.33. The highest BCUT2D eigenvalue weighted by atomic mass is 79.9. The van der Waals surface area contributed by atoms with Crippen LogP contribution in [0.3, 0.4) is 0 Å². The molecule has 0 spiro atoms. The van der Waals surface area contributed by atoms with Crippen LogP contribution in [0, 0.1) is 11.3 Å². The Hall–Kier alpha value is -1.55. The van der Waals surface area contributed by atoms with Gasteiger partial charge in [0, 0.05) is 16.5 Å². The molecule has 1 aromatic carbocycles. The van der Waals surface area contributed by atoms with E-state index in [0.717, 1.165) is 6.07 Å². The summed E-state index contributed by atoms with van der Waals surface area (Å²) < 4.78 is 41.2. The number of alkyl halides is 3. The molecule has 0 amide bonds. The second-order valence-corrected chi connectivity index (χ2v) is 4.73. The quantitative estimate of drug-likeness (QED) is 0.837. The van der Waals surface area contributed by atoms with E-state index in [-0.39, 0.29) is 17.8 Å². The number of nitrogens with zero attached hydrogens (tertiary/aromatic N) is 1. The van der Waals surface area contributed by atoms with E-state index in [2.05, 4.69) is 20.7 Å². The van der Waals surface area contributed by atoms with Crippen molar-refractivity contribution < 1.29 is 22.7 Å². The molecule has 1 aromatic rings. The van der Waals surface area contributed by atoms with E-state index >= 15 is 0 Å². The molecule has 0 aliphatic heterocycles. The van der Waals surface area contributed by atoms with Crippen LogP contribution in [-0.2, 0) is 4.79 Å². The summed E-state index contributed by atoms with van der Waals surface area (Å²) in [5.74, 6) is -1.74. The molecule has 0 N–H and O–H groups in total. The Morgan fingerprint density at radius 2 is 2.16 bits per heavy atom. The van der Waals surface area contributed by atoms with Crippen LogP contribution in [-0.4, -0.2) is 12.1 Å². The summed E-state index contributed by atoms with van der Waals surface area (Å²) >= 11 is 3.11. The number of ether oxygens (including phenoxy) is 1. The van der Waals surface area contributed by atoms with Gasteiger partial charge in [0.1, 0.15) is 11.5 Å². The van der Waals surface area contributed by atoms with Crippen molar-refractivity contribution in [1.82, 2.24) is 0 Å². The van der Waals surface area contributed by atoms with Crippen LogP contribution in [0.25, 0.3) is 0 Å². The average Bonchev–Trinajstić information content (AvgIpc) is 2.26. The van der Waals surface area contributed by atoms with Crippen LogP contribution in [0.15, 0.2) is 22.7 Å². The topological polar surface area (TPSA) is 50.1 Å². The van der Waals surface area contributed by atoms with E-state index < -0.39 is 18.0 Å². The molecule has 1 atom stereocenters. The van der Waals surface area contributed by atoms with E-state index in [1.54, 1.807) is 0 Å². The summed E-state index contributed by atoms with van der Waals surface area (Å²) in [5.41, 5.74) is 0.0319. The molecule has 0 aliphatic carbocycles. The normalized spacial score (nSPS) is 12.6. The summed E-state index contributed by atoms with van der Waals surface area (Å²) in [6.45, 7) is 1.27. The van der Waals surface area contributed by atoms with Gasteiger partial charge in [0.05, 0.1) is 12.0 Å². The molecule has 0 radical (unpaired) electrons. The van der Waals surface area contributed by atoms with Gasteiger partial charge in [-0.25, -0.2) is 0 Å². The van der Waals surface area contributed by atoms with Crippen molar-refractivity contribution in [2.75, 3.05) is 0 Å². The first-order chi connectivity index (χ1) is 8.73. The first kappa shape index (κ1) is 15.5. The highest BCUT2D eigenvalue weighted by Crippen LogP contribution is 2.34. The molecule has 1 unspecified atom stereocenters. The minimum atomic E-state index is -4.85. The van der Waals surface area contributed by atoms with Gasteiger partial charge in [-0.3, -0.25) is 4.79 Å². The van der Waals surface area contributed by atoms with Gasteiger partial charge >= 0.3 is 6.36 Å². The number of carbonyl (C=O) groups is 1. The van der Waals surface area contributed by atoms with Gasteiger partial charge in [-0.1, -0.05) is 15.9 Å². The van der Waals surface area contributed by atoms with Crippen molar-refractivity contribution in [2.24, 2.45) is 0 Å². The van der Waals surface area contributed by atoms with Crippen LogP contribution in [0.2, 0.25) is 0 Å². The lowest BCUT2D eigenvalue weighted by atomic mass is 9.95. The minimum Gasteiger partial charge on any atom is -0.405 e. The number of benzene rings is 1. The van der Waals surface area contributed by atoms with Crippen LogP contribution >= 0.6 is 15.9 Å². The van der Waals surface area contributed by atoms with E-state index in [4.69, 9.17) is 5.26 Å². The van der Waals surface area contributed by atoms with Crippen LogP contribution < -0.4 is 4.74 Å². The molecule has 7 heteroatoms. The molecule has 1 rings (SSSR count). The van der Waals surface area contributed by atoms with Crippen LogP contribution in [0.5, 0.6) is 5.75 Å². The zero-order valence-electron chi connectivity index (χ0n) is 9.79. The number of rotatable bonds is 4. The maximum Gasteiger partial charge on any atom is 0.573 e. The monoisotopic (exact) mass is 335 g/mol. The zero-order chi connectivity index (χ0) is 14.6. The lowest BCUT2D eigenvalue weighted by molar-refractivity contribution is -0.274. The Bertz CT molecular complexity index is 523. The Kier molecular flexibility index (Phi) is 4.95. The van der Waals surface area contributed by atoms with Crippen molar-refractivity contribution in [3.05, 3.63) is 28.2 Å². The number of nitriles is 1. The summed E-state index contributed by atoms with van der Waals surface area (Å²) in [6, 6.07) is 5.64. The van der Waals surface area contributed by atoms with Crippen molar-refractivity contribution in [1.29, 1.82) is 5.26 Å². The predicted octanol–water partition coefficient (Wildman–Crippen LogP) is 3.93. The molecule has 0 aromatic heterocycles. The van der Waals surface area contributed by atoms with Crippen LogP contribution in [0.4, 0.5) is 13.2 Å². The number of Topliss-reactive ketones (excluding diaryl/α,β-unsaturated/α-hetero) is 1. The second-order valence-electron chi connectivity index (χ2n) is 3.82. The molecule has 0 fully saturated rings. The summed E-state index contributed by atoms with van der Waals surface area (Å²) in [6.07, 6.45) is -5.01. The number of hydrogen-bond donors (Lipinski definition) is 0. The first-order valence-corrected chi connectivity index (χ1v) is 5.96.